The first-order valence-electron chi connectivity index (χ1n) is 6.04. The third kappa shape index (κ3) is 2.08. The zero-order valence-electron chi connectivity index (χ0n) is 9.88. The van der Waals surface area contributed by atoms with Gasteiger partial charge in [0.2, 0.25) is 0 Å². The topological polar surface area (TPSA) is 57.2 Å². The minimum Gasteiger partial charge on any atom is -0.508 e. The molecule has 3 N–H and O–H groups in total. The van der Waals surface area contributed by atoms with Crippen LogP contribution in [0.25, 0.3) is 0 Å². The van der Waals surface area contributed by atoms with Crippen LogP contribution in [0.15, 0.2) is 48.7 Å². The minimum atomic E-state index is 0.109. The number of aromatic nitrogens is 1. The molecule has 1 aromatic carbocycles. The largest absolute Gasteiger partial charge is 0.508 e. The van der Waals surface area contributed by atoms with E-state index in [0.29, 0.717) is 5.75 Å². The molecule has 1 aliphatic rings. The van der Waals surface area contributed by atoms with Crippen LogP contribution in [-0.2, 0) is 0 Å². The Morgan fingerprint density at radius 3 is 2.56 bits per heavy atom. The van der Waals surface area contributed by atoms with Gasteiger partial charge in [-0.3, -0.25) is 4.98 Å². The molecule has 2 aromatic rings. The first-order chi connectivity index (χ1) is 8.84. The number of para-hydroxylation sites is 1. The molecular weight excluding hydrogens is 226 g/mol. The minimum absolute atomic E-state index is 0.109. The van der Waals surface area contributed by atoms with E-state index in [2.05, 4.69) is 15.8 Å². The molecule has 0 spiro atoms. The van der Waals surface area contributed by atoms with Gasteiger partial charge in [-0.05, 0) is 24.6 Å². The maximum absolute atomic E-state index is 9.84. The lowest BCUT2D eigenvalue weighted by Crippen LogP contribution is -2.27. The standard InChI is InChI=1S/C14H15N3O/c18-14-7-2-1-5-10(14)12-9-13(17-16-12)11-6-3-4-8-15-11/h1-8,12-13,16-18H,9H2. The number of pyridine rings is 1. The predicted molar refractivity (Wildman–Crippen MR) is 68.7 cm³/mol. The van der Waals surface area contributed by atoms with Crippen molar-refractivity contribution >= 4 is 0 Å². The molecule has 1 fully saturated rings. The Hall–Kier alpha value is -1.91. The molecule has 0 aliphatic carbocycles. The van der Waals surface area contributed by atoms with E-state index in [1.54, 1.807) is 12.3 Å². The average Bonchev–Trinajstić information content (AvgIpc) is 2.90. The van der Waals surface area contributed by atoms with Crippen LogP contribution in [0.5, 0.6) is 5.75 Å². The van der Waals surface area contributed by atoms with Crippen LogP contribution in [-0.4, -0.2) is 10.1 Å². The van der Waals surface area contributed by atoms with Crippen molar-refractivity contribution in [3.63, 3.8) is 0 Å². The summed E-state index contributed by atoms with van der Waals surface area (Å²) in [6.07, 6.45) is 2.67. The lowest BCUT2D eigenvalue weighted by Gasteiger charge is -2.11. The van der Waals surface area contributed by atoms with Gasteiger partial charge < -0.3 is 5.11 Å². The van der Waals surface area contributed by atoms with Gasteiger partial charge in [-0.15, -0.1) is 0 Å². The summed E-state index contributed by atoms with van der Waals surface area (Å²) in [6, 6.07) is 13.6. The zero-order chi connectivity index (χ0) is 12.4. The molecule has 92 valence electrons. The van der Waals surface area contributed by atoms with E-state index in [1.807, 2.05) is 36.4 Å². The summed E-state index contributed by atoms with van der Waals surface area (Å²) in [5.41, 5.74) is 8.37. The Kier molecular flexibility index (Phi) is 2.96. The molecule has 1 aromatic heterocycles. The molecule has 3 rings (SSSR count). The van der Waals surface area contributed by atoms with Crippen LogP contribution >= 0.6 is 0 Å². The fourth-order valence-electron chi connectivity index (χ4n) is 2.32. The highest BCUT2D eigenvalue weighted by molar-refractivity contribution is 5.35. The van der Waals surface area contributed by atoms with Crippen molar-refractivity contribution < 1.29 is 5.11 Å². The first kappa shape index (κ1) is 11.2. The number of hydrazine groups is 1. The normalized spacial score (nSPS) is 23.1. The maximum atomic E-state index is 9.84. The summed E-state index contributed by atoms with van der Waals surface area (Å²) >= 11 is 0. The van der Waals surface area contributed by atoms with Gasteiger partial charge in [0.25, 0.3) is 0 Å². The van der Waals surface area contributed by atoms with Gasteiger partial charge in [-0.1, -0.05) is 24.3 Å². The lowest BCUT2D eigenvalue weighted by molar-refractivity contribution is 0.453. The van der Waals surface area contributed by atoms with Gasteiger partial charge in [0, 0.05) is 11.8 Å². The van der Waals surface area contributed by atoms with E-state index in [-0.39, 0.29) is 12.1 Å². The molecule has 1 aliphatic heterocycles. The summed E-state index contributed by atoms with van der Waals surface area (Å²) in [7, 11) is 0. The van der Waals surface area contributed by atoms with Crippen molar-refractivity contribution in [2.45, 2.75) is 18.5 Å². The third-order valence-corrected chi connectivity index (χ3v) is 3.26. The molecule has 2 atom stereocenters. The molecule has 0 bridgehead atoms. The van der Waals surface area contributed by atoms with Gasteiger partial charge in [0.05, 0.1) is 17.8 Å². The molecule has 0 radical (unpaired) electrons. The van der Waals surface area contributed by atoms with Crippen molar-refractivity contribution in [1.82, 2.24) is 15.8 Å². The summed E-state index contributed by atoms with van der Waals surface area (Å²) in [5, 5.41) is 9.84. The molecule has 0 amide bonds. The molecule has 18 heavy (non-hydrogen) atoms. The Bertz CT molecular complexity index is 530. The summed E-state index contributed by atoms with van der Waals surface area (Å²) in [6.45, 7) is 0. The Labute approximate surface area is 106 Å². The van der Waals surface area contributed by atoms with Gasteiger partial charge in [-0.25, -0.2) is 10.9 Å². The molecule has 4 heteroatoms. The number of rotatable bonds is 2. The number of nitrogens with zero attached hydrogens (tertiary/aromatic N) is 1. The smallest absolute Gasteiger partial charge is 0.120 e. The van der Waals surface area contributed by atoms with Gasteiger partial charge in [-0.2, -0.15) is 0 Å². The van der Waals surface area contributed by atoms with E-state index in [9.17, 15) is 5.11 Å². The van der Waals surface area contributed by atoms with Gasteiger partial charge >= 0.3 is 0 Å². The lowest BCUT2D eigenvalue weighted by atomic mass is 9.99. The van der Waals surface area contributed by atoms with Crippen LogP contribution in [0.2, 0.25) is 0 Å². The maximum Gasteiger partial charge on any atom is 0.120 e. The molecular formula is C14H15N3O. The summed E-state index contributed by atoms with van der Waals surface area (Å²) in [4.78, 5) is 4.35. The number of phenolic OH excluding ortho intramolecular Hbond substituents is 1. The summed E-state index contributed by atoms with van der Waals surface area (Å²) in [5.74, 6) is 0.332. The Morgan fingerprint density at radius 2 is 1.78 bits per heavy atom. The zero-order valence-corrected chi connectivity index (χ0v) is 9.88. The van der Waals surface area contributed by atoms with E-state index in [1.165, 1.54) is 0 Å². The second kappa shape index (κ2) is 4.76. The molecule has 4 nitrogen and oxygen atoms in total. The number of benzene rings is 1. The number of hydrogen-bond donors (Lipinski definition) is 3. The monoisotopic (exact) mass is 241 g/mol. The van der Waals surface area contributed by atoms with Crippen molar-refractivity contribution in [2.75, 3.05) is 0 Å². The second-order valence-electron chi connectivity index (χ2n) is 4.44. The Balaban J connectivity index is 1.78. The number of phenols is 1. The number of nitrogens with one attached hydrogen (secondary N) is 2. The van der Waals surface area contributed by atoms with E-state index < -0.39 is 0 Å². The highest BCUT2D eigenvalue weighted by atomic mass is 16.3. The third-order valence-electron chi connectivity index (χ3n) is 3.26. The molecule has 2 unspecified atom stereocenters. The van der Waals surface area contributed by atoms with Crippen LogP contribution in [0, 0.1) is 0 Å². The van der Waals surface area contributed by atoms with Crippen LogP contribution in [0.4, 0.5) is 0 Å². The predicted octanol–water partition coefficient (Wildman–Crippen LogP) is 2.07. The Morgan fingerprint density at radius 1 is 1.00 bits per heavy atom. The van der Waals surface area contributed by atoms with E-state index >= 15 is 0 Å². The van der Waals surface area contributed by atoms with Gasteiger partial charge in [0.1, 0.15) is 5.75 Å². The SMILES string of the molecule is Oc1ccccc1C1CC(c2ccccn2)NN1. The number of hydrogen-bond acceptors (Lipinski definition) is 4. The van der Waals surface area contributed by atoms with Crippen molar-refractivity contribution in [1.29, 1.82) is 0 Å². The van der Waals surface area contributed by atoms with Gasteiger partial charge in [0.15, 0.2) is 0 Å². The van der Waals surface area contributed by atoms with Crippen LogP contribution in [0.3, 0.4) is 0 Å². The van der Waals surface area contributed by atoms with E-state index in [0.717, 1.165) is 17.7 Å². The highest BCUT2D eigenvalue weighted by Gasteiger charge is 2.28. The van der Waals surface area contributed by atoms with Crippen LogP contribution < -0.4 is 10.9 Å². The fraction of sp³-hybridized carbons (Fsp3) is 0.214. The average molecular weight is 241 g/mol. The summed E-state index contributed by atoms with van der Waals surface area (Å²) < 4.78 is 0. The van der Waals surface area contributed by atoms with Crippen LogP contribution in [0.1, 0.15) is 29.8 Å². The van der Waals surface area contributed by atoms with Crippen molar-refractivity contribution in [2.24, 2.45) is 0 Å². The molecule has 1 saturated heterocycles. The number of aromatic hydroxyl groups is 1. The quantitative estimate of drug-likeness (QED) is 0.753. The molecule has 2 heterocycles. The fourth-order valence-corrected chi connectivity index (χ4v) is 2.32. The first-order valence-corrected chi connectivity index (χ1v) is 6.04. The highest BCUT2D eigenvalue weighted by Crippen LogP contribution is 2.33. The van der Waals surface area contributed by atoms with Crippen molar-refractivity contribution in [3.8, 4) is 5.75 Å². The van der Waals surface area contributed by atoms with Crippen molar-refractivity contribution in [3.05, 3.63) is 59.9 Å². The van der Waals surface area contributed by atoms with E-state index in [4.69, 9.17) is 0 Å². The molecule has 0 saturated carbocycles. The second-order valence-corrected chi connectivity index (χ2v) is 4.44.